The van der Waals surface area contributed by atoms with Crippen LogP contribution in [0.1, 0.15) is 0 Å². The average Bonchev–Trinajstić information content (AvgIpc) is 2.54. The van der Waals surface area contributed by atoms with Crippen LogP contribution in [0, 0.1) is 0 Å². The van der Waals surface area contributed by atoms with Gasteiger partial charge >= 0.3 is 0 Å². The number of benzene rings is 2. The molecule has 122 valence electrons. The maximum Gasteiger partial charge on any atom is 0.272 e. The number of hydrogen-bond acceptors (Lipinski definition) is 3. The van der Waals surface area contributed by atoms with Crippen molar-refractivity contribution in [1.29, 1.82) is 0 Å². The molecule has 0 spiro atoms. The molecule has 1 heterocycles. The molecule has 0 bridgehead atoms. The van der Waals surface area contributed by atoms with Crippen LogP contribution in [0.15, 0.2) is 46.0 Å². The monoisotopic (exact) mass is 380 g/mol. The predicted octanol–water partition coefficient (Wildman–Crippen LogP) is 3.33. The first-order valence-corrected chi connectivity index (χ1v) is 7.89. The third kappa shape index (κ3) is 3.28. The van der Waals surface area contributed by atoms with Gasteiger partial charge in [0.1, 0.15) is 0 Å². The van der Waals surface area contributed by atoms with Crippen molar-refractivity contribution in [1.82, 2.24) is 10.2 Å². The number of thiocarbonyl (C=S) groups is 1. The van der Waals surface area contributed by atoms with Crippen molar-refractivity contribution in [2.75, 3.05) is 10.6 Å². The minimum atomic E-state index is -0.426. The van der Waals surface area contributed by atoms with Gasteiger partial charge in [-0.15, -0.1) is 0 Å². The minimum absolute atomic E-state index is 0.222. The van der Waals surface area contributed by atoms with Crippen LogP contribution in [-0.2, 0) is 0 Å². The first kappa shape index (κ1) is 16.5. The van der Waals surface area contributed by atoms with E-state index >= 15 is 0 Å². The summed E-state index contributed by atoms with van der Waals surface area (Å²) in [7, 11) is 0. The fourth-order valence-electron chi connectivity index (χ4n) is 2.19. The highest BCUT2D eigenvalue weighted by Gasteiger charge is 2.09. The number of nitrogens with one attached hydrogen (secondary N) is 4. The highest BCUT2D eigenvalue weighted by molar-refractivity contribution is 7.80. The Balaban J connectivity index is 1.91. The van der Waals surface area contributed by atoms with E-state index in [2.05, 4.69) is 20.8 Å². The Morgan fingerprint density at radius 3 is 2.46 bits per heavy atom. The summed E-state index contributed by atoms with van der Waals surface area (Å²) in [6.45, 7) is 0. The summed E-state index contributed by atoms with van der Waals surface area (Å²) in [5.41, 5.74) is 0.230. The summed E-state index contributed by atoms with van der Waals surface area (Å²) in [4.78, 5) is 23.8. The molecule has 3 rings (SSSR count). The third-order valence-electron chi connectivity index (χ3n) is 3.25. The van der Waals surface area contributed by atoms with E-state index in [0.29, 0.717) is 21.4 Å². The Morgan fingerprint density at radius 2 is 1.71 bits per heavy atom. The van der Waals surface area contributed by atoms with Gasteiger partial charge in [0.05, 0.1) is 26.5 Å². The summed E-state index contributed by atoms with van der Waals surface area (Å²) in [6, 6.07) is 9.84. The standard InChI is InChI=1S/C15H10Cl2N4O2S/c16-9-5-4-7(6-10(9)17)18-15(24)19-11-3-1-2-8-12(11)14(23)21-20-13(8)22/h1-6H,(H,20,22)(H,21,23)(H2,18,19,24). The fraction of sp³-hybridized carbons (Fsp3) is 0. The van der Waals surface area contributed by atoms with Gasteiger partial charge in [-0.25, -0.2) is 0 Å². The van der Waals surface area contributed by atoms with Gasteiger partial charge in [-0.2, -0.15) is 0 Å². The van der Waals surface area contributed by atoms with Gasteiger partial charge in [0.15, 0.2) is 5.11 Å². The molecule has 0 unspecified atom stereocenters. The molecule has 24 heavy (non-hydrogen) atoms. The second-order valence-corrected chi connectivity index (χ2v) is 6.07. The van der Waals surface area contributed by atoms with E-state index in [1.54, 1.807) is 36.4 Å². The van der Waals surface area contributed by atoms with Crippen molar-refractivity contribution in [2.45, 2.75) is 0 Å². The van der Waals surface area contributed by atoms with Crippen LogP contribution in [-0.4, -0.2) is 15.3 Å². The van der Waals surface area contributed by atoms with Crippen molar-refractivity contribution in [3.8, 4) is 0 Å². The Morgan fingerprint density at radius 1 is 0.958 bits per heavy atom. The van der Waals surface area contributed by atoms with E-state index in [1.165, 1.54) is 0 Å². The number of H-pyrrole nitrogens is 2. The number of fused-ring (bicyclic) bond motifs is 1. The second kappa shape index (κ2) is 6.64. The van der Waals surface area contributed by atoms with Crippen LogP contribution in [0.25, 0.3) is 10.8 Å². The summed E-state index contributed by atoms with van der Waals surface area (Å²) in [5, 5.41) is 12.0. The molecule has 0 radical (unpaired) electrons. The molecule has 0 aliphatic heterocycles. The van der Waals surface area contributed by atoms with Crippen LogP contribution in [0.5, 0.6) is 0 Å². The van der Waals surface area contributed by atoms with E-state index in [1.807, 2.05) is 0 Å². The third-order valence-corrected chi connectivity index (χ3v) is 4.19. The zero-order valence-electron chi connectivity index (χ0n) is 11.9. The lowest BCUT2D eigenvalue weighted by Crippen LogP contribution is -2.23. The molecule has 0 aliphatic rings. The summed E-state index contributed by atoms with van der Waals surface area (Å²) in [5.74, 6) is 0. The average molecular weight is 381 g/mol. The first-order valence-electron chi connectivity index (χ1n) is 6.72. The van der Waals surface area contributed by atoms with Gasteiger partial charge in [-0.3, -0.25) is 19.8 Å². The fourth-order valence-corrected chi connectivity index (χ4v) is 2.72. The van der Waals surface area contributed by atoms with Gasteiger partial charge in [-0.05, 0) is 42.5 Å². The van der Waals surface area contributed by atoms with Crippen molar-refractivity contribution in [3.63, 3.8) is 0 Å². The van der Waals surface area contributed by atoms with E-state index in [9.17, 15) is 9.59 Å². The van der Waals surface area contributed by atoms with Crippen molar-refractivity contribution >= 4 is 62.7 Å². The molecule has 1 aromatic heterocycles. The molecule has 2 aromatic carbocycles. The lowest BCUT2D eigenvalue weighted by molar-refractivity contribution is 0.977. The number of rotatable bonds is 2. The first-order chi connectivity index (χ1) is 11.5. The molecular weight excluding hydrogens is 371 g/mol. The number of hydrogen-bond donors (Lipinski definition) is 4. The Bertz CT molecular complexity index is 1060. The van der Waals surface area contributed by atoms with Crippen molar-refractivity contribution < 1.29 is 0 Å². The Labute approximate surface area is 150 Å². The minimum Gasteiger partial charge on any atom is -0.332 e. The van der Waals surface area contributed by atoms with E-state index in [4.69, 9.17) is 35.4 Å². The normalized spacial score (nSPS) is 10.6. The highest BCUT2D eigenvalue weighted by Crippen LogP contribution is 2.25. The van der Waals surface area contributed by atoms with E-state index in [-0.39, 0.29) is 15.9 Å². The lowest BCUT2D eigenvalue weighted by Gasteiger charge is -2.12. The van der Waals surface area contributed by atoms with Crippen molar-refractivity contribution in [3.05, 3.63) is 67.2 Å². The van der Waals surface area contributed by atoms with Crippen LogP contribution >= 0.6 is 35.4 Å². The Kier molecular flexibility index (Phi) is 4.57. The second-order valence-electron chi connectivity index (χ2n) is 4.84. The van der Waals surface area contributed by atoms with Gasteiger partial charge in [0, 0.05) is 5.69 Å². The largest absolute Gasteiger partial charge is 0.332 e. The summed E-state index contributed by atoms with van der Waals surface area (Å²) < 4.78 is 0. The maximum atomic E-state index is 12.0. The topological polar surface area (TPSA) is 89.8 Å². The highest BCUT2D eigenvalue weighted by atomic mass is 35.5. The molecule has 0 atom stereocenters. The smallest absolute Gasteiger partial charge is 0.272 e. The van der Waals surface area contributed by atoms with E-state index in [0.717, 1.165) is 0 Å². The quantitative estimate of drug-likeness (QED) is 0.512. The zero-order valence-corrected chi connectivity index (χ0v) is 14.3. The molecule has 0 saturated carbocycles. The van der Waals surface area contributed by atoms with Crippen LogP contribution < -0.4 is 21.8 Å². The van der Waals surface area contributed by atoms with Crippen LogP contribution in [0.3, 0.4) is 0 Å². The molecule has 3 aromatic rings. The molecule has 0 fully saturated rings. The Hall–Kier alpha value is -2.35. The molecular formula is C15H10Cl2N4O2S. The maximum absolute atomic E-state index is 12.0. The lowest BCUT2D eigenvalue weighted by atomic mass is 10.1. The van der Waals surface area contributed by atoms with E-state index < -0.39 is 11.1 Å². The van der Waals surface area contributed by atoms with Crippen molar-refractivity contribution in [2.24, 2.45) is 0 Å². The molecule has 9 heteroatoms. The van der Waals surface area contributed by atoms with Crippen LogP contribution in [0.2, 0.25) is 10.0 Å². The molecule has 4 N–H and O–H groups in total. The van der Waals surface area contributed by atoms with Gasteiger partial charge in [0.25, 0.3) is 11.1 Å². The molecule has 6 nitrogen and oxygen atoms in total. The van der Waals surface area contributed by atoms with Crippen LogP contribution in [0.4, 0.5) is 11.4 Å². The van der Waals surface area contributed by atoms with Gasteiger partial charge in [0.2, 0.25) is 0 Å². The van der Waals surface area contributed by atoms with Gasteiger partial charge < -0.3 is 10.6 Å². The van der Waals surface area contributed by atoms with Gasteiger partial charge in [-0.1, -0.05) is 29.3 Å². The molecule has 0 amide bonds. The predicted molar refractivity (Wildman–Crippen MR) is 101 cm³/mol. The number of halogens is 2. The zero-order chi connectivity index (χ0) is 17.3. The number of aromatic nitrogens is 2. The molecule has 0 saturated heterocycles. The number of anilines is 2. The SMILES string of the molecule is O=c1[nH][nH]c(=O)c2c(NC(=S)Nc3ccc(Cl)c(Cl)c3)cccc12. The summed E-state index contributed by atoms with van der Waals surface area (Å²) >= 11 is 17.1. The molecule has 0 aliphatic carbocycles. The number of aromatic amines is 2. The summed E-state index contributed by atoms with van der Waals surface area (Å²) in [6.07, 6.45) is 0.